The Hall–Kier alpha value is -0.180. The third-order valence-corrected chi connectivity index (χ3v) is 5.14. The van der Waals surface area contributed by atoms with Gasteiger partial charge in [-0.3, -0.25) is 0 Å². The van der Waals surface area contributed by atoms with Gasteiger partial charge in [-0.25, -0.2) is 0 Å². The molecule has 0 amide bonds. The second kappa shape index (κ2) is 5.64. The molecule has 0 saturated carbocycles. The normalized spacial score (nSPS) is 23.6. The van der Waals surface area contributed by atoms with E-state index in [9.17, 15) is 0 Å². The Morgan fingerprint density at radius 3 is 2.88 bits per heavy atom. The number of nitrogens with one attached hydrogen (secondary N) is 1. The van der Waals surface area contributed by atoms with Gasteiger partial charge < -0.3 is 5.32 Å². The summed E-state index contributed by atoms with van der Waals surface area (Å²) in [4.78, 5) is 0. The van der Waals surface area contributed by atoms with E-state index in [1.54, 1.807) is 0 Å². The number of halogens is 1. The summed E-state index contributed by atoms with van der Waals surface area (Å²) in [5, 5.41) is 4.49. The van der Waals surface area contributed by atoms with Crippen LogP contribution in [-0.4, -0.2) is 17.5 Å². The van der Waals surface area contributed by atoms with Crippen molar-refractivity contribution in [3.8, 4) is 0 Å². The predicted molar refractivity (Wildman–Crippen MR) is 77.8 cm³/mol. The minimum absolute atomic E-state index is 0.459. The summed E-state index contributed by atoms with van der Waals surface area (Å²) in [5.74, 6) is 2.49. The topological polar surface area (TPSA) is 12.0 Å². The molecule has 1 fully saturated rings. The molecule has 1 aromatic rings. The maximum absolute atomic E-state index is 6.15. The molecule has 1 aliphatic heterocycles. The van der Waals surface area contributed by atoms with E-state index in [0.29, 0.717) is 11.5 Å². The van der Waals surface area contributed by atoms with Gasteiger partial charge in [0.25, 0.3) is 0 Å². The average molecular weight is 270 g/mol. The lowest BCUT2D eigenvalue weighted by atomic mass is 9.88. The minimum Gasteiger partial charge on any atom is -0.309 e. The molecule has 1 nitrogen and oxygen atoms in total. The van der Waals surface area contributed by atoms with E-state index in [4.69, 9.17) is 11.6 Å². The SMILES string of the molecule is CC1(C)CSCC(NCc2ccccc2Cl)C1. The molecule has 1 saturated heterocycles. The largest absolute Gasteiger partial charge is 0.309 e. The van der Waals surface area contributed by atoms with Gasteiger partial charge in [-0.2, -0.15) is 11.8 Å². The van der Waals surface area contributed by atoms with Crippen LogP contribution in [0.4, 0.5) is 0 Å². The molecule has 0 radical (unpaired) electrons. The van der Waals surface area contributed by atoms with E-state index < -0.39 is 0 Å². The molecule has 1 heterocycles. The van der Waals surface area contributed by atoms with Crippen LogP contribution in [0.5, 0.6) is 0 Å². The fraction of sp³-hybridized carbons (Fsp3) is 0.571. The first-order chi connectivity index (χ1) is 8.07. The van der Waals surface area contributed by atoms with Crippen molar-refractivity contribution in [1.29, 1.82) is 0 Å². The smallest absolute Gasteiger partial charge is 0.0450 e. The summed E-state index contributed by atoms with van der Waals surface area (Å²) in [6.45, 7) is 5.58. The molecule has 0 aliphatic carbocycles. The monoisotopic (exact) mass is 269 g/mol. The predicted octanol–water partition coefficient (Wildman–Crippen LogP) is 3.96. The molecule has 3 heteroatoms. The van der Waals surface area contributed by atoms with Crippen LogP contribution < -0.4 is 5.32 Å². The van der Waals surface area contributed by atoms with Gasteiger partial charge in [0.05, 0.1) is 0 Å². The Morgan fingerprint density at radius 2 is 2.18 bits per heavy atom. The summed E-state index contributed by atoms with van der Waals surface area (Å²) in [7, 11) is 0. The summed E-state index contributed by atoms with van der Waals surface area (Å²) in [6, 6.07) is 8.68. The third-order valence-electron chi connectivity index (χ3n) is 3.15. The van der Waals surface area contributed by atoms with E-state index >= 15 is 0 Å². The van der Waals surface area contributed by atoms with Gasteiger partial charge in [0.2, 0.25) is 0 Å². The van der Waals surface area contributed by atoms with Crippen LogP contribution in [0.2, 0.25) is 5.02 Å². The number of hydrogen-bond donors (Lipinski definition) is 1. The zero-order valence-corrected chi connectivity index (χ0v) is 12.1. The van der Waals surface area contributed by atoms with E-state index in [2.05, 4.69) is 37.0 Å². The summed E-state index contributed by atoms with van der Waals surface area (Å²) >= 11 is 8.21. The Bertz CT molecular complexity index is 378. The van der Waals surface area contributed by atoms with E-state index in [-0.39, 0.29) is 0 Å². The minimum atomic E-state index is 0.459. The summed E-state index contributed by atoms with van der Waals surface area (Å²) in [6.07, 6.45) is 1.25. The highest BCUT2D eigenvalue weighted by Gasteiger charge is 2.27. The lowest BCUT2D eigenvalue weighted by Crippen LogP contribution is -2.39. The Balaban J connectivity index is 1.88. The summed E-state index contributed by atoms with van der Waals surface area (Å²) < 4.78 is 0. The lowest BCUT2D eigenvalue weighted by Gasteiger charge is -2.35. The Morgan fingerprint density at radius 1 is 1.41 bits per heavy atom. The highest BCUT2D eigenvalue weighted by molar-refractivity contribution is 7.99. The third kappa shape index (κ3) is 3.90. The van der Waals surface area contributed by atoms with E-state index in [1.807, 2.05) is 18.2 Å². The van der Waals surface area contributed by atoms with Crippen molar-refractivity contribution in [3.63, 3.8) is 0 Å². The average Bonchev–Trinajstić information content (AvgIpc) is 2.27. The molecule has 2 rings (SSSR count). The quantitative estimate of drug-likeness (QED) is 0.891. The van der Waals surface area contributed by atoms with Crippen LogP contribution >= 0.6 is 23.4 Å². The van der Waals surface area contributed by atoms with Crippen LogP contribution in [-0.2, 0) is 6.54 Å². The molecule has 1 aliphatic rings. The second-order valence-electron chi connectivity index (χ2n) is 5.55. The van der Waals surface area contributed by atoms with Crippen molar-refractivity contribution in [2.24, 2.45) is 5.41 Å². The van der Waals surface area contributed by atoms with Gasteiger partial charge in [-0.1, -0.05) is 43.6 Å². The molecule has 0 bridgehead atoms. The van der Waals surface area contributed by atoms with Crippen molar-refractivity contribution >= 4 is 23.4 Å². The molecule has 1 aromatic carbocycles. The van der Waals surface area contributed by atoms with Gasteiger partial charge in [-0.05, 0) is 29.2 Å². The second-order valence-corrected chi connectivity index (χ2v) is 6.99. The Kier molecular flexibility index (Phi) is 4.40. The van der Waals surface area contributed by atoms with Crippen molar-refractivity contribution < 1.29 is 0 Å². The maximum atomic E-state index is 6.15. The van der Waals surface area contributed by atoms with Crippen LogP contribution in [0.15, 0.2) is 24.3 Å². The lowest BCUT2D eigenvalue weighted by molar-refractivity contribution is 0.317. The fourth-order valence-electron chi connectivity index (χ4n) is 2.29. The van der Waals surface area contributed by atoms with Gasteiger partial charge in [0, 0.05) is 23.4 Å². The molecule has 1 N–H and O–H groups in total. The van der Waals surface area contributed by atoms with Crippen molar-refractivity contribution in [1.82, 2.24) is 5.32 Å². The molecular formula is C14H20ClNS. The number of hydrogen-bond acceptors (Lipinski definition) is 2. The molecule has 0 spiro atoms. The maximum Gasteiger partial charge on any atom is 0.0450 e. The van der Waals surface area contributed by atoms with Gasteiger partial charge in [0.1, 0.15) is 0 Å². The van der Waals surface area contributed by atoms with E-state index in [1.165, 1.54) is 23.5 Å². The van der Waals surface area contributed by atoms with Crippen molar-refractivity contribution in [2.75, 3.05) is 11.5 Å². The molecule has 1 atom stereocenters. The summed E-state index contributed by atoms with van der Waals surface area (Å²) in [5.41, 5.74) is 1.66. The van der Waals surface area contributed by atoms with Gasteiger partial charge >= 0.3 is 0 Å². The van der Waals surface area contributed by atoms with Crippen LogP contribution in [0.3, 0.4) is 0 Å². The van der Waals surface area contributed by atoms with Crippen molar-refractivity contribution in [2.45, 2.75) is 32.9 Å². The Labute approximate surface area is 113 Å². The van der Waals surface area contributed by atoms with Gasteiger partial charge in [0.15, 0.2) is 0 Å². The molecule has 1 unspecified atom stereocenters. The highest BCUT2D eigenvalue weighted by atomic mass is 35.5. The van der Waals surface area contributed by atoms with Crippen molar-refractivity contribution in [3.05, 3.63) is 34.9 Å². The number of thioether (sulfide) groups is 1. The zero-order valence-electron chi connectivity index (χ0n) is 10.5. The first-order valence-corrected chi connectivity index (χ1v) is 7.65. The zero-order chi connectivity index (χ0) is 12.3. The van der Waals surface area contributed by atoms with Gasteiger partial charge in [-0.15, -0.1) is 0 Å². The first-order valence-electron chi connectivity index (χ1n) is 6.11. The molecule has 94 valence electrons. The van der Waals surface area contributed by atoms with E-state index in [0.717, 1.165) is 11.6 Å². The standard InChI is InChI=1S/C14H20ClNS/c1-14(2)7-12(9-17-10-14)16-8-11-5-3-4-6-13(11)15/h3-6,12,16H,7-10H2,1-2H3. The van der Waals surface area contributed by atoms with Crippen LogP contribution in [0, 0.1) is 5.41 Å². The fourth-order valence-corrected chi connectivity index (χ4v) is 3.80. The highest BCUT2D eigenvalue weighted by Crippen LogP contribution is 2.33. The number of benzene rings is 1. The molecular weight excluding hydrogens is 250 g/mol. The molecule has 0 aromatic heterocycles. The first kappa shape index (κ1) is 13.3. The number of rotatable bonds is 3. The van der Waals surface area contributed by atoms with Crippen LogP contribution in [0.25, 0.3) is 0 Å². The molecule has 17 heavy (non-hydrogen) atoms. The van der Waals surface area contributed by atoms with Crippen LogP contribution in [0.1, 0.15) is 25.8 Å².